The fraction of sp³-hybridized carbons (Fsp3) is 0.591. The van der Waals surface area contributed by atoms with Crippen molar-refractivity contribution in [1.29, 1.82) is 0 Å². The van der Waals surface area contributed by atoms with Gasteiger partial charge in [-0.1, -0.05) is 20.8 Å². The van der Waals surface area contributed by atoms with E-state index in [1.54, 1.807) is 6.33 Å². The highest BCUT2D eigenvalue weighted by atomic mass is 16.4. The van der Waals surface area contributed by atoms with E-state index < -0.39 is 6.09 Å². The number of nitrogens with zero attached hydrogens (tertiary/aromatic N) is 7. The average molecular weight is 441 g/mol. The summed E-state index contributed by atoms with van der Waals surface area (Å²) in [5.74, 6) is 1.45. The van der Waals surface area contributed by atoms with Crippen LogP contribution in [0, 0.1) is 12.3 Å². The molecular weight excluding hydrogens is 408 g/mol. The summed E-state index contributed by atoms with van der Waals surface area (Å²) >= 11 is 0. The summed E-state index contributed by atoms with van der Waals surface area (Å²) in [6.45, 7) is 14.4. The van der Waals surface area contributed by atoms with Gasteiger partial charge in [0.1, 0.15) is 12.2 Å². The lowest BCUT2D eigenvalue weighted by molar-refractivity contribution is 0.103. The van der Waals surface area contributed by atoms with Gasteiger partial charge in [0.15, 0.2) is 17.0 Å². The van der Waals surface area contributed by atoms with Gasteiger partial charge in [-0.25, -0.2) is 19.7 Å². The summed E-state index contributed by atoms with van der Waals surface area (Å²) in [6.07, 6.45) is 3.22. The van der Waals surface area contributed by atoms with Gasteiger partial charge in [-0.05, 0) is 32.6 Å². The Morgan fingerprint density at radius 2 is 2.00 bits per heavy atom. The van der Waals surface area contributed by atoms with E-state index >= 15 is 0 Å². The first-order valence-electron chi connectivity index (χ1n) is 11.2. The molecule has 3 aromatic rings. The second kappa shape index (κ2) is 8.07. The number of carbonyl (C=O) groups is 1. The van der Waals surface area contributed by atoms with Crippen LogP contribution in [0.15, 0.2) is 12.5 Å². The highest BCUT2D eigenvalue weighted by molar-refractivity contribution is 5.86. The number of aromatic nitrogens is 6. The zero-order valence-corrected chi connectivity index (χ0v) is 19.6. The van der Waals surface area contributed by atoms with E-state index in [1.807, 2.05) is 17.8 Å². The fourth-order valence-corrected chi connectivity index (χ4v) is 4.94. The number of hydrogen-bond donors (Lipinski definition) is 2. The number of carboxylic acid groups (broad SMARTS) is 1. The van der Waals surface area contributed by atoms with Gasteiger partial charge >= 0.3 is 6.09 Å². The molecule has 10 nitrogen and oxygen atoms in total. The summed E-state index contributed by atoms with van der Waals surface area (Å²) in [6, 6.07) is -0.244. The third-order valence-corrected chi connectivity index (χ3v) is 6.34. The number of likely N-dealkylation sites (tertiary alicyclic amines) is 1. The quantitative estimate of drug-likeness (QED) is 0.623. The fourth-order valence-electron chi connectivity index (χ4n) is 4.94. The van der Waals surface area contributed by atoms with E-state index in [0.29, 0.717) is 30.8 Å². The van der Waals surface area contributed by atoms with E-state index in [-0.39, 0.29) is 17.5 Å². The topological polar surface area (TPSA) is 114 Å². The van der Waals surface area contributed by atoms with E-state index in [1.165, 1.54) is 4.90 Å². The monoisotopic (exact) mass is 440 g/mol. The number of rotatable bonds is 5. The first-order valence-corrected chi connectivity index (χ1v) is 11.2. The number of amides is 1. The normalized spacial score (nSPS) is 19.1. The third-order valence-electron chi connectivity index (χ3n) is 6.34. The van der Waals surface area contributed by atoms with Crippen molar-refractivity contribution in [2.75, 3.05) is 11.9 Å². The minimum absolute atomic E-state index is 0.0657. The molecule has 32 heavy (non-hydrogen) atoms. The highest BCUT2D eigenvalue weighted by Gasteiger charge is 2.44. The minimum atomic E-state index is -0.886. The molecule has 0 bridgehead atoms. The smallest absolute Gasteiger partial charge is 0.407 e. The molecule has 1 fully saturated rings. The van der Waals surface area contributed by atoms with Crippen molar-refractivity contribution in [3.05, 3.63) is 18.2 Å². The van der Waals surface area contributed by atoms with E-state index in [9.17, 15) is 9.90 Å². The van der Waals surface area contributed by atoms with Crippen LogP contribution in [0.4, 0.5) is 10.6 Å². The van der Waals surface area contributed by atoms with Gasteiger partial charge in [-0.15, -0.1) is 0 Å². The zero-order chi connectivity index (χ0) is 23.2. The number of fused-ring (bicyclic) bond motifs is 1. The SMILES string of the molecule is CCn1ncc(-c2nc3c(NC4CCN(C(=O)O)C4C(C)(C)C)ncnc3n2CC)c1C. The Balaban J connectivity index is 1.77. The van der Waals surface area contributed by atoms with Crippen LogP contribution in [0.1, 0.15) is 46.7 Å². The predicted octanol–water partition coefficient (Wildman–Crippen LogP) is 3.62. The summed E-state index contributed by atoms with van der Waals surface area (Å²) in [7, 11) is 0. The molecule has 0 radical (unpaired) electrons. The first kappa shape index (κ1) is 22.0. The Hall–Kier alpha value is -3.17. The molecular formula is C22H32N8O2. The molecule has 0 aromatic carbocycles. The van der Waals surface area contributed by atoms with Crippen molar-refractivity contribution in [2.24, 2.45) is 5.41 Å². The molecule has 1 saturated heterocycles. The molecule has 172 valence electrons. The van der Waals surface area contributed by atoms with Crippen molar-refractivity contribution in [3.63, 3.8) is 0 Å². The minimum Gasteiger partial charge on any atom is -0.465 e. The van der Waals surface area contributed by atoms with E-state index in [4.69, 9.17) is 4.98 Å². The van der Waals surface area contributed by atoms with E-state index in [2.05, 4.69) is 59.6 Å². The Morgan fingerprint density at radius 3 is 2.59 bits per heavy atom. The summed E-state index contributed by atoms with van der Waals surface area (Å²) < 4.78 is 4.03. The van der Waals surface area contributed by atoms with Crippen LogP contribution in [-0.4, -0.2) is 64.0 Å². The summed E-state index contributed by atoms with van der Waals surface area (Å²) in [5.41, 5.74) is 3.25. The number of nitrogens with one attached hydrogen (secondary N) is 1. The number of imidazole rings is 1. The van der Waals surface area contributed by atoms with Gasteiger partial charge in [0.2, 0.25) is 0 Å². The molecule has 4 rings (SSSR count). The van der Waals surface area contributed by atoms with Gasteiger partial charge in [-0.3, -0.25) is 4.68 Å². The second-order valence-corrected chi connectivity index (χ2v) is 9.36. The van der Waals surface area contributed by atoms with Crippen LogP contribution in [-0.2, 0) is 13.1 Å². The van der Waals surface area contributed by atoms with Crippen molar-refractivity contribution in [1.82, 2.24) is 34.2 Å². The summed E-state index contributed by atoms with van der Waals surface area (Å²) in [4.78, 5) is 27.3. The summed E-state index contributed by atoms with van der Waals surface area (Å²) in [5, 5.41) is 17.7. The van der Waals surface area contributed by atoms with Crippen LogP contribution >= 0.6 is 0 Å². The molecule has 3 aromatic heterocycles. The van der Waals surface area contributed by atoms with Gasteiger partial charge in [0.25, 0.3) is 0 Å². The van der Waals surface area contributed by atoms with Crippen LogP contribution in [0.5, 0.6) is 0 Å². The highest BCUT2D eigenvalue weighted by Crippen LogP contribution is 2.36. The zero-order valence-electron chi connectivity index (χ0n) is 19.6. The molecule has 0 aliphatic carbocycles. The molecule has 1 amide bonds. The maximum absolute atomic E-state index is 11.8. The second-order valence-electron chi connectivity index (χ2n) is 9.36. The van der Waals surface area contributed by atoms with Crippen LogP contribution < -0.4 is 5.32 Å². The third kappa shape index (κ3) is 3.57. The van der Waals surface area contributed by atoms with Gasteiger partial charge in [0, 0.05) is 25.3 Å². The Labute approximate surface area is 187 Å². The number of aryl methyl sites for hydroxylation is 2. The first-order chi connectivity index (χ1) is 15.2. The molecule has 2 N–H and O–H groups in total. The van der Waals surface area contributed by atoms with Crippen molar-refractivity contribution < 1.29 is 9.90 Å². The van der Waals surface area contributed by atoms with Gasteiger partial charge < -0.3 is 19.9 Å². The Bertz CT molecular complexity index is 1140. The molecule has 10 heteroatoms. The number of hydrogen-bond acceptors (Lipinski definition) is 6. The lowest BCUT2D eigenvalue weighted by Crippen LogP contribution is -2.49. The molecule has 2 unspecified atom stereocenters. The predicted molar refractivity (Wildman–Crippen MR) is 123 cm³/mol. The molecule has 4 heterocycles. The Kier molecular flexibility index (Phi) is 5.56. The molecule has 0 saturated carbocycles. The van der Waals surface area contributed by atoms with Crippen LogP contribution in [0.3, 0.4) is 0 Å². The molecule has 0 spiro atoms. The number of anilines is 1. The lowest BCUT2D eigenvalue weighted by atomic mass is 9.82. The van der Waals surface area contributed by atoms with Crippen molar-refractivity contribution >= 4 is 23.1 Å². The van der Waals surface area contributed by atoms with Crippen LogP contribution in [0.25, 0.3) is 22.6 Å². The van der Waals surface area contributed by atoms with Gasteiger partial charge in [0.05, 0.1) is 23.8 Å². The van der Waals surface area contributed by atoms with Crippen molar-refractivity contribution in [3.8, 4) is 11.4 Å². The van der Waals surface area contributed by atoms with Crippen molar-refractivity contribution in [2.45, 2.75) is 73.1 Å². The van der Waals surface area contributed by atoms with Crippen LogP contribution in [0.2, 0.25) is 0 Å². The average Bonchev–Trinajstić information content (AvgIpc) is 3.42. The molecule has 2 atom stereocenters. The molecule has 1 aliphatic rings. The maximum Gasteiger partial charge on any atom is 0.407 e. The standard InChI is InChI=1S/C22H32N8O2/c1-7-28-19(14-11-25-30(8-2)13(14)3)27-16-18(23-12-24-20(16)28)26-15-9-10-29(21(31)32)17(15)22(4,5)6/h11-12,15,17H,7-10H2,1-6H3,(H,31,32)(H,23,24,26). The largest absolute Gasteiger partial charge is 0.465 e. The Morgan fingerprint density at radius 1 is 1.25 bits per heavy atom. The molecule has 1 aliphatic heterocycles. The maximum atomic E-state index is 11.8. The lowest BCUT2D eigenvalue weighted by Gasteiger charge is -2.37. The van der Waals surface area contributed by atoms with Gasteiger partial charge in [-0.2, -0.15) is 5.10 Å². The van der Waals surface area contributed by atoms with E-state index in [0.717, 1.165) is 29.3 Å².